The van der Waals surface area contributed by atoms with E-state index in [2.05, 4.69) is 19.2 Å². The summed E-state index contributed by atoms with van der Waals surface area (Å²) in [5.74, 6) is 0.660. The first-order valence-electron chi connectivity index (χ1n) is 7.23. The van der Waals surface area contributed by atoms with Gasteiger partial charge in [-0.15, -0.1) is 0 Å². The van der Waals surface area contributed by atoms with Crippen molar-refractivity contribution in [3.8, 4) is 0 Å². The minimum absolute atomic E-state index is 0.0231. The molecule has 3 atom stereocenters. The van der Waals surface area contributed by atoms with Crippen molar-refractivity contribution >= 4 is 5.91 Å². The standard InChI is InChI=1S/C14H28N2O3/c1-10(2)9-11(5-4-7-15)13(17)16-12-6-8-19-14(12)18-3/h10-12,14H,4-9,15H2,1-3H3,(H,16,17)/t11?,12-,14?/m0/s1. The smallest absolute Gasteiger partial charge is 0.223 e. The van der Waals surface area contributed by atoms with Crippen LogP contribution in [0.4, 0.5) is 0 Å². The minimum atomic E-state index is -0.307. The van der Waals surface area contributed by atoms with E-state index in [9.17, 15) is 4.79 Å². The molecule has 0 aromatic carbocycles. The van der Waals surface area contributed by atoms with Crippen molar-refractivity contribution in [1.82, 2.24) is 5.32 Å². The molecule has 5 nitrogen and oxygen atoms in total. The molecule has 0 aromatic rings. The van der Waals surface area contributed by atoms with Crippen molar-refractivity contribution in [1.29, 1.82) is 0 Å². The van der Waals surface area contributed by atoms with Crippen LogP contribution in [0.15, 0.2) is 0 Å². The third-order valence-electron chi connectivity index (χ3n) is 3.48. The molecule has 0 saturated carbocycles. The number of nitrogens with two attached hydrogens (primary N) is 1. The summed E-state index contributed by atoms with van der Waals surface area (Å²) in [6.45, 7) is 5.55. The van der Waals surface area contributed by atoms with Crippen LogP contribution in [0, 0.1) is 11.8 Å². The predicted octanol–water partition coefficient (Wildman–Crippen LogP) is 1.27. The summed E-state index contributed by atoms with van der Waals surface area (Å²) in [7, 11) is 1.61. The van der Waals surface area contributed by atoms with Crippen molar-refractivity contribution in [2.45, 2.75) is 51.9 Å². The molecule has 1 aliphatic rings. The molecule has 0 radical (unpaired) electrons. The van der Waals surface area contributed by atoms with E-state index < -0.39 is 0 Å². The van der Waals surface area contributed by atoms with Gasteiger partial charge in [0.05, 0.1) is 12.6 Å². The van der Waals surface area contributed by atoms with Gasteiger partial charge in [-0.1, -0.05) is 13.8 Å². The highest BCUT2D eigenvalue weighted by Gasteiger charge is 2.31. The van der Waals surface area contributed by atoms with Crippen molar-refractivity contribution < 1.29 is 14.3 Å². The zero-order valence-electron chi connectivity index (χ0n) is 12.4. The molecule has 112 valence electrons. The van der Waals surface area contributed by atoms with Gasteiger partial charge in [-0.2, -0.15) is 0 Å². The SMILES string of the molecule is COC1OCC[C@@H]1NC(=O)C(CCCN)CC(C)C. The van der Waals surface area contributed by atoms with E-state index in [1.807, 2.05) is 0 Å². The maximum absolute atomic E-state index is 12.3. The van der Waals surface area contributed by atoms with Gasteiger partial charge in [0.25, 0.3) is 0 Å². The highest BCUT2D eigenvalue weighted by Crippen LogP contribution is 2.20. The van der Waals surface area contributed by atoms with Crippen molar-refractivity contribution in [2.24, 2.45) is 17.6 Å². The largest absolute Gasteiger partial charge is 0.354 e. The number of rotatable bonds is 8. The molecule has 1 saturated heterocycles. The second kappa shape index (κ2) is 8.51. The Morgan fingerprint density at radius 2 is 2.26 bits per heavy atom. The van der Waals surface area contributed by atoms with Crippen molar-refractivity contribution in [3.63, 3.8) is 0 Å². The lowest BCUT2D eigenvalue weighted by Crippen LogP contribution is -2.44. The third-order valence-corrected chi connectivity index (χ3v) is 3.48. The maximum atomic E-state index is 12.3. The van der Waals surface area contributed by atoms with Gasteiger partial charge in [0.15, 0.2) is 6.29 Å². The maximum Gasteiger partial charge on any atom is 0.223 e. The zero-order valence-corrected chi connectivity index (χ0v) is 12.4. The Hall–Kier alpha value is -0.650. The Balaban J connectivity index is 2.50. The molecule has 1 rings (SSSR count). The lowest BCUT2D eigenvalue weighted by molar-refractivity contribution is -0.132. The fourth-order valence-corrected chi connectivity index (χ4v) is 2.53. The molecule has 0 aromatic heterocycles. The monoisotopic (exact) mass is 272 g/mol. The van der Waals surface area contributed by atoms with Crippen LogP contribution in [0.25, 0.3) is 0 Å². The van der Waals surface area contributed by atoms with Crippen LogP contribution < -0.4 is 11.1 Å². The van der Waals surface area contributed by atoms with Gasteiger partial charge in [0, 0.05) is 13.0 Å². The van der Waals surface area contributed by atoms with E-state index >= 15 is 0 Å². The highest BCUT2D eigenvalue weighted by atomic mass is 16.7. The molecule has 1 aliphatic heterocycles. The summed E-state index contributed by atoms with van der Waals surface area (Å²) >= 11 is 0. The minimum Gasteiger partial charge on any atom is -0.354 e. The molecule has 0 bridgehead atoms. The molecule has 1 heterocycles. The van der Waals surface area contributed by atoms with Crippen LogP contribution in [0.1, 0.15) is 39.5 Å². The highest BCUT2D eigenvalue weighted by molar-refractivity contribution is 5.79. The van der Waals surface area contributed by atoms with E-state index in [0.717, 1.165) is 25.7 Å². The number of hydrogen-bond donors (Lipinski definition) is 2. The zero-order chi connectivity index (χ0) is 14.3. The van der Waals surface area contributed by atoms with E-state index in [0.29, 0.717) is 19.1 Å². The van der Waals surface area contributed by atoms with Gasteiger partial charge in [0.2, 0.25) is 5.91 Å². The first-order valence-corrected chi connectivity index (χ1v) is 7.23. The summed E-state index contributed by atoms with van der Waals surface area (Å²) in [5.41, 5.74) is 5.54. The number of methoxy groups -OCH3 is 1. The Labute approximate surface area is 116 Å². The Kier molecular flexibility index (Phi) is 7.34. The van der Waals surface area contributed by atoms with E-state index in [1.165, 1.54) is 0 Å². The first kappa shape index (κ1) is 16.4. The van der Waals surface area contributed by atoms with E-state index in [4.69, 9.17) is 15.2 Å². The number of carbonyl (C=O) groups is 1. The molecule has 3 N–H and O–H groups in total. The lowest BCUT2D eigenvalue weighted by atomic mass is 9.91. The molecule has 19 heavy (non-hydrogen) atoms. The van der Waals surface area contributed by atoms with Crippen LogP contribution in [0.2, 0.25) is 0 Å². The fourth-order valence-electron chi connectivity index (χ4n) is 2.53. The second-order valence-corrected chi connectivity index (χ2v) is 5.64. The Bertz CT molecular complexity index is 271. The Morgan fingerprint density at radius 3 is 2.84 bits per heavy atom. The van der Waals surface area contributed by atoms with Crippen molar-refractivity contribution in [3.05, 3.63) is 0 Å². The molecule has 1 amide bonds. The molecule has 2 unspecified atom stereocenters. The number of carbonyl (C=O) groups excluding carboxylic acids is 1. The Morgan fingerprint density at radius 1 is 1.53 bits per heavy atom. The average Bonchev–Trinajstić information content (AvgIpc) is 2.81. The average molecular weight is 272 g/mol. The lowest BCUT2D eigenvalue weighted by Gasteiger charge is -2.23. The molecule has 0 aliphatic carbocycles. The number of amides is 1. The topological polar surface area (TPSA) is 73.6 Å². The van der Waals surface area contributed by atoms with Crippen LogP contribution >= 0.6 is 0 Å². The van der Waals surface area contributed by atoms with Gasteiger partial charge in [-0.05, 0) is 38.1 Å². The summed E-state index contributed by atoms with van der Waals surface area (Å²) in [6, 6.07) is -0.0231. The number of nitrogens with one attached hydrogen (secondary N) is 1. The first-order chi connectivity index (χ1) is 9.08. The molecular formula is C14H28N2O3. The van der Waals surface area contributed by atoms with E-state index in [1.54, 1.807) is 7.11 Å². The van der Waals surface area contributed by atoms with Gasteiger partial charge in [-0.3, -0.25) is 4.79 Å². The van der Waals surface area contributed by atoms with Crippen LogP contribution in [-0.2, 0) is 14.3 Å². The third kappa shape index (κ3) is 5.47. The number of ether oxygens (including phenoxy) is 2. The predicted molar refractivity (Wildman–Crippen MR) is 74.5 cm³/mol. The van der Waals surface area contributed by atoms with Crippen LogP contribution in [-0.4, -0.2) is 38.5 Å². The second-order valence-electron chi connectivity index (χ2n) is 5.64. The summed E-state index contributed by atoms with van der Waals surface area (Å²) in [4.78, 5) is 12.3. The van der Waals surface area contributed by atoms with Gasteiger partial charge < -0.3 is 20.5 Å². The van der Waals surface area contributed by atoms with Crippen LogP contribution in [0.3, 0.4) is 0 Å². The van der Waals surface area contributed by atoms with Crippen LogP contribution in [0.5, 0.6) is 0 Å². The van der Waals surface area contributed by atoms with Gasteiger partial charge in [0.1, 0.15) is 0 Å². The molecule has 5 heteroatoms. The normalized spacial score (nSPS) is 24.7. The quantitative estimate of drug-likeness (QED) is 0.698. The molecule has 0 spiro atoms. The van der Waals surface area contributed by atoms with Gasteiger partial charge >= 0.3 is 0 Å². The summed E-state index contributed by atoms with van der Waals surface area (Å²) in [5, 5.41) is 3.06. The summed E-state index contributed by atoms with van der Waals surface area (Å²) < 4.78 is 10.6. The van der Waals surface area contributed by atoms with Crippen molar-refractivity contribution in [2.75, 3.05) is 20.3 Å². The fraction of sp³-hybridized carbons (Fsp3) is 0.929. The summed E-state index contributed by atoms with van der Waals surface area (Å²) in [6.07, 6.45) is 3.15. The molecule has 1 fully saturated rings. The number of hydrogen-bond acceptors (Lipinski definition) is 4. The van der Waals surface area contributed by atoms with Gasteiger partial charge in [-0.25, -0.2) is 0 Å². The van der Waals surface area contributed by atoms with E-state index in [-0.39, 0.29) is 24.2 Å². The molecular weight excluding hydrogens is 244 g/mol.